The normalized spacial score (nSPS) is 15.2. The Balaban J connectivity index is 1.81. The summed E-state index contributed by atoms with van der Waals surface area (Å²) in [5.74, 6) is -0.129. The number of fused-ring (bicyclic) bond motifs is 3. The fraction of sp³-hybridized carbons (Fsp3) is 0.333. The van der Waals surface area contributed by atoms with Crippen molar-refractivity contribution in [3.63, 3.8) is 0 Å². The Morgan fingerprint density at radius 1 is 1.21 bits per heavy atom. The van der Waals surface area contributed by atoms with E-state index in [2.05, 4.69) is 10.3 Å². The van der Waals surface area contributed by atoms with E-state index < -0.39 is 6.04 Å². The van der Waals surface area contributed by atoms with Gasteiger partial charge in [-0.15, -0.1) is 16.4 Å². The first-order chi connectivity index (χ1) is 11.7. The number of carbonyl (C=O) groups is 1. The van der Waals surface area contributed by atoms with E-state index in [9.17, 15) is 9.59 Å². The molecule has 1 atom stereocenters. The van der Waals surface area contributed by atoms with E-state index >= 15 is 0 Å². The molecule has 1 aromatic carbocycles. The second-order valence-electron chi connectivity index (χ2n) is 6.14. The Bertz CT molecular complexity index is 975. The Labute approximate surface area is 142 Å². The number of rotatable bonds is 3. The zero-order valence-corrected chi connectivity index (χ0v) is 14.2. The Hall–Kier alpha value is -2.34. The topological polar surface area (TPSA) is 64.8 Å². The maximum absolute atomic E-state index is 13.0. The van der Waals surface area contributed by atoms with Crippen LogP contribution in [0.1, 0.15) is 46.6 Å². The van der Waals surface area contributed by atoms with Gasteiger partial charge in [0.2, 0.25) is 0 Å². The van der Waals surface area contributed by atoms with Gasteiger partial charge in [-0.2, -0.15) is 4.68 Å². The summed E-state index contributed by atoms with van der Waals surface area (Å²) in [7, 11) is 0. The molecule has 5 nitrogen and oxygen atoms in total. The molecule has 0 saturated heterocycles. The number of aromatic nitrogens is 3. The van der Waals surface area contributed by atoms with Crippen molar-refractivity contribution < 1.29 is 4.79 Å². The first kappa shape index (κ1) is 15.2. The van der Waals surface area contributed by atoms with E-state index in [1.165, 1.54) is 9.56 Å². The molecule has 0 saturated carbocycles. The lowest BCUT2D eigenvalue weighted by molar-refractivity contribution is 0.0923. The van der Waals surface area contributed by atoms with Crippen LogP contribution in [0.5, 0.6) is 0 Å². The van der Waals surface area contributed by atoms with E-state index in [4.69, 9.17) is 0 Å². The van der Waals surface area contributed by atoms with Crippen molar-refractivity contribution >= 4 is 27.3 Å². The van der Waals surface area contributed by atoms with Crippen LogP contribution in [-0.2, 0) is 12.8 Å². The highest BCUT2D eigenvalue weighted by Gasteiger charge is 2.24. The van der Waals surface area contributed by atoms with E-state index in [0.717, 1.165) is 31.2 Å². The first-order valence-corrected chi connectivity index (χ1v) is 8.97. The Morgan fingerprint density at radius 3 is 2.75 bits per heavy atom. The molecule has 0 bridgehead atoms. The standard InChI is InChI=1S/C18H17N3O2S/c1-11(16(22)12-7-3-2-4-8-12)21-18(23)15-13-9-5-6-10-14(13)24-17(15)19-20-21/h2-4,7-8,11H,5-6,9-10H2,1H3/t11-/m1/s1. The lowest BCUT2D eigenvalue weighted by Crippen LogP contribution is -2.31. The van der Waals surface area contributed by atoms with Crippen LogP contribution in [0.3, 0.4) is 0 Å². The van der Waals surface area contributed by atoms with Crippen molar-refractivity contribution in [2.45, 2.75) is 38.6 Å². The molecule has 1 aliphatic rings. The van der Waals surface area contributed by atoms with Gasteiger partial charge in [0.05, 0.1) is 5.39 Å². The molecule has 0 radical (unpaired) electrons. The number of aryl methyl sites for hydroxylation is 2. The summed E-state index contributed by atoms with van der Waals surface area (Å²) >= 11 is 1.57. The van der Waals surface area contributed by atoms with Crippen LogP contribution < -0.4 is 5.56 Å². The van der Waals surface area contributed by atoms with Gasteiger partial charge in [0, 0.05) is 10.4 Å². The van der Waals surface area contributed by atoms with Crippen LogP contribution in [0, 0.1) is 0 Å². The van der Waals surface area contributed by atoms with Crippen molar-refractivity contribution in [1.82, 2.24) is 15.0 Å². The molecular weight excluding hydrogens is 322 g/mol. The molecule has 0 N–H and O–H groups in total. The van der Waals surface area contributed by atoms with E-state index in [1.807, 2.05) is 18.2 Å². The smallest absolute Gasteiger partial charge is 0.279 e. The fourth-order valence-electron chi connectivity index (χ4n) is 3.29. The molecule has 0 spiro atoms. The highest BCUT2D eigenvalue weighted by molar-refractivity contribution is 7.18. The summed E-state index contributed by atoms with van der Waals surface area (Å²) in [5, 5.41) is 8.93. The fourth-order valence-corrected chi connectivity index (χ4v) is 4.49. The van der Waals surface area contributed by atoms with Gasteiger partial charge < -0.3 is 0 Å². The van der Waals surface area contributed by atoms with Gasteiger partial charge in [-0.1, -0.05) is 35.5 Å². The molecule has 122 valence electrons. The largest absolute Gasteiger partial charge is 0.292 e. The molecule has 6 heteroatoms. The number of hydrogen-bond donors (Lipinski definition) is 0. The molecule has 0 aliphatic heterocycles. The minimum absolute atomic E-state index is 0.129. The molecule has 24 heavy (non-hydrogen) atoms. The third-order valence-electron chi connectivity index (χ3n) is 4.61. The van der Waals surface area contributed by atoms with Crippen LogP contribution in [0.4, 0.5) is 0 Å². The molecular formula is C18H17N3O2S. The maximum atomic E-state index is 13.0. The molecule has 2 aromatic heterocycles. The summed E-state index contributed by atoms with van der Waals surface area (Å²) in [5.41, 5.74) is 1.50. The van der Waals surface area contributed by atoms with E-state index in [1.54, 1.807) is 30.4 Å². The summed E-state index contributed by atoms with van der Waals surface area (Å²) < 4.78 is 1.24. The number of carbonyl (C=O) groups excluding carboxylic acids is 1. The van der Waals surface area contributed by atoms with Crippen LogP contribution in [-0.4, -0.2) is 20.8 Å². The molecule has 3 aromatic rings. The van der Waals surface area contributed by atoms with Crippen molar-refractivity contribution in [3.05, 3.63) is 56.7 Å². The lowest BCUT2D eigenvalue weighted by atomic mass is 9.97. The SMILES string of the molecule is C[C@H](C(=O)c1ccccc1)n1nnc2sc3c(c2c1=O)CCCC3. The van der Waals surface area contributed by atoms with Crippen LogP contribution in [0.15, 0.2) is 35.1 Å². The molecule has 1 aliphatic carbocycles. The zero-order valence-electron chi connectivity index (χ0n) is 13.4. The Morgan fingerprint density at radius 2 is 1.96 bits per heavy atom. The third kappa shape index (κ3) is 2.38. The second kappa shape index (κ2) is 5.94. The number of nitrogens with zero attached hydrogens (tertiary/aromatic N) is 3. The van der Waals surface area contributed by atoms with Gasteiger partial charge >= 0.3 is 0 Å². The number of ketones is 1. The van der Waals surface area contributed by atoms with Gasteiger partial charge in [0.15, 0.2) is 10.6 Å². The van der Waals surface area contributed by atoms with Gasteiger partial charge in [-0.3, -0.25) is 9.59 Å². The van der Waals surface area contributed by atoms with Crippen molar-refractivity contribution in [3.8, 4) is 0 Å². The Kier molecular flexibility index (Phi) is 3.76. The quantitative estimate of drug-likeness (QED) is 0.688. The summed E-state index contributed by atoms with van der Waals surface area (Å²) in [6, 6.07) is 8.32. The number of benzene rings is 1. The van der Waals surface area contributed by atoms with E-state index in [0.29, 0.717) is 15.8 Å². The zero-order chi connectivity index (χ0) is 16.7. The minimum Gasteiger partial charge on any atom is -0.292 e. The van der Waals surface area contributed by atoms with Gasteiger partial charge in [-0.25, -0.2) is 0 Å². The molecule has 2 heterocycles. The predicted molar refractivity (Wildman–Crippen MR) is 93.8 cm³/mol. The van der Waals surface area contributed by atoms with Gasteiger partial charge in [0.1, 0.15) is 6.04 Å². The molecule has 0 unspecified atom stereocenters. The average molecular weight is 339 g/mol. The van der Waals surface area contributed by atoms with Crippen LogP contribution >= 0.6 is 11.3 Å². The number of Topliss-reactive ketones (excluding diaryl/α,β-unsaturated/α-hetero) is 1. The monoisotopic (exact) mass is 339 g/mol. The highest BCUT2D eigenvalue weighted by Crippen LogP contribution is 2.33. The molecule has 4 rings (SSSR count). The number of thiophene rings is 1. The average Bonchev–Trinajstić information content (AvgIpc) is 3.01. The van der Waals surface area contributed by atoms with Gasteiger partial charge in [-0.05, 0) is 38.2 Å². The highest BCUT2D eigenvalue weighted by atomic mass is 32.1. The second-order valence-corrected chi connectivity index (χ2v) is 7.22. The predicted octanol–water partition coefficient (Wildman–Crippen LogP) is 3.18. The number of hydrogen-bond acceptors (Lipinski definition) is 5. The maximum Gasteiger partial charge on any atom is 0.279 e. The van der Waals surface area contributed by atoms with Crippen LogP contribution in [0.2, 0.25) is 0 Å². The third-order valence-corrected chi connectivity index (χ3v) is 5.79. The molecule has 0 fully saturated rings. The van der Waals surface area contributed by atoms with Crippen LogP contribution in [0.25, 0.3) is 10.2 Å². The summed E-state index contributed by atoms with van der Waals surface area (Å²) in [6.45, 7) is 1.70. The summed E-state index contributed by atoms with van der Waals surface area (Å²) in [4.78, 5) is 27.5. The van der Waals surface area contributed by atoms with Gasteiger partial charge in [0.25, 0.3) is 5.56 Å². The van der Waals surface area contributed by atoms with E-state index in [-0.39, 0.29) is 11.3 Å². The summed E-state index contributed by atoms with van der Waals surface area (Å²) in [6.07, 6.45) is 4.18. The molecule has 0 amide bonds. The lowest BCUT2D eigenvalue weighted by Gasteiger charge is -2.13. The van der Waals surface area contributed by atoms with Crippen molar-refractivity contribution in [2.75, 3.05) is 0 Å². The first-order valence-electron chi connectivity index (χ1n) is 8.16. The van der Waals surface area contributed by atoms with Crippen molar-refractivity contribution in [1.29, 1.82) is 0 Å². The minimum atomic E-state index is -0.670. The van der Waals surface area contributed by atoms with Crippen molar-refractivity contribution in [2.24, 2.45) is 0 Å².